The predicted octanol–water partition coefficient (Wildman–Crippen LogP) is 2.40. The van der Waals surface area contributed by atoms with Gasteiger partial charge in [-0.15, -0.1) is 0 Å². The maximum Gasteiger partial charge on any atom is 0.410 e. The molecule has 1 atom stereocenters. The zero-order valence-corrected chi connectivity index (χ0v) is 11.8. The van der Waals surface area contributed by atoms with Gasteiger partial charge in [0.05, 0.1) is 0 Å². The SMILES string of the molecule is O=C(OCc1ccccc1)N1CC[C@@]2(CCCNC2)C1. The molecule has 2 saturated heterocycles. The number of ether oxygens (including phenoxy) is 1. The van der Waals surface area contributed by atoms with Crippen LogP contribution >= 0.6 is 0 Å². The van der Waals surface area contributed by atoms with Crippen molar-refractivity contribution in [2.45, 2.75) is 25.9 Å². The summed E-state index contributed by atoms with van der Waals surface area (Å²) in [6, 6.07) is 9.84. The first-order chi connectivity index (χ1) is 9.77. The van der Waals surface area contributed by atoms with Gasteiger partial charge in [0.25, 0.3) is 0 Å². The van der Waals surface area contributed by atoms with Crippen molar-refractivity contribution in [2.75, 3.05) is 26.2 Å². The highest BCUT2D eigenvalue weighted by Crippen LogP contribution is 2.36. The van der Waals surface area contributed by atoms with Crippen molar-refractivity contribution in [3.05, 3.63) is 35.9 Å². The van der Waals surface area contributed by atoms with Crippen molar-refractivity contribution in [1.29, 1.82) is 0 Å². The molecule has 108 valence electrons. The van der Waals surface area contributed by atoms with E-state index in [2.05, 4.69) is 5.32 Å². The molecule has 0 aromatic heterocycles. The third kappa shape index (κ3) is 2.96. The number of hydrogen-bond donors (Lipinski definition) is 1. The largest absolute Gasteiger partial charge is 0.445 e. The molecule has 2 aliphatic rings. The molecule has 0 bridgehead atoms. The van der Waals surface area contributed by atoms with Crippen LogP contribution in [0.25, 0.3) is 0 Å². The standard InChI is InChI=1S/C16H22N2O2/c19-15(20-11-14-5-2-1-3-6-14)18-10-8-16(13-18)7-4-9-17-12-16/h1-3,5-6,17H,4,7-13H2/t16-/m1/s1. The van der Waals surface area contributed by atoms with Gasteiger partial charge in [-0.2, -0.15) is 0 Å². The van der Waals surface area contributed by atoms with Crippen molar-refractivity contribution in [3.63, 3.8) is 0 Å². The average molecular weight is 274 g/mol. The number of nitrogens with one attached hydrogen (secondary N) is 1. The Morgan fingerprint density at radius 3 is 2.90 bits per heavy atom. The molecule has 2 fully saturated rings. The van der Waals surface area contributed by atoms with Gasteiger partial charge in [-0.3, -0.25) is 0 Å². The van der Waals surface area contributed by atoms with E-state index in [9.17, 15) is 4.79 Å². The molecule has 1 N–H and O–H groups in total. The van der Waals surface area contributed by atoms with Gasteiger partial charge in [-0.05, 0) is 31.4 Å². The number of piperidine rings is 1. The number of benzene rings is 1. The molecule has 20 heavy (non-hydrogen) atoms. The van der Waals surface area contributed by atoms with Crippen molar-refractivity contribution in [3.8, 4) is 0 Å². The van der Waals surface area contributed by atoms with Gasteiger partial charge >= 0.3 is 6.09 Å². The van der Waals surface area contributed by atoms with Crippen LogP contribution in [0.3, 0.4) is 0 Å². The summed E-state index contributed by atoms with van der Waals surface area (Å²) in [6.45, 7) is 4.18. The molecule has 2 heterocycles. The van der Waals surface area contributed by atoms with Gasteiger partial charge in [0.15, 0.2) is 0 Å². The Kier molecular flexibility index (Phi) is 3.92. The number of carbonyl (C=O) groups is 1. The lowest BCUT2D eigenvalue weighted by molar-refractivity contribution is 0.0973. The first-order valence-corrected chi connectivity index (χ1v) is 7.44. The van der Waals surface area contributed by atoms with E-state index in [1.54, 1.807) is 0 Å². The van der Waals surface area contributed by atoms with Crippen LogP contribution in [-0.4, -0.2) is 37.2 Å². The van der Waals surface area contributed by atoms with Gasteiger partial charge in [-0.1, -0.05) is 30.3 Å². The summed E-state index contributed by atoms with van der Waals surface area (Å²) in [5.74, 6) is 0. The van der Waals surface area contributed by atoms with E-state index in [-0.39, 0.29) is 6.09 Å². The molecule has 4 heteroatoms. The molecule has 1 amide bonds. The van der Waals surface area contributed by atoms with Crippen molar-refractivity contribution < 1.29 is 9.53 Å². The van der Waals surface area contributed by atoms with E-state index in [4.69, 9.17) is 4.74 Å². The Hall–Kier alpha value is -1.55. The van der Waals surface area contributed by atoms with Gasteiger partial charge in [0.1, 0.15) is 6.61 Å². The van der Waals surface area contributed by atoms with Crippen molar-refractivity contribution in [2.24, 2.45) is 5.41 Å². The second kappa shape index (κ2) is 5.83. The quantitative estimate of drug-likeness (QED) is 0.900. The lowest BCUT2D eigenvalue weighted by Gasteiger charge is -2.33. The summed E-state index contributed by atoms with van der Waals surface area (Å²) in [6.07, 6.45) is 3.37. The molecule has 0 saturated carbocycles. The number of rotatable bonds is 2. The molecule has 0 aliphatic carbocycles. The molecule has 1 aromatic rings. The fraction of sp³-hybridized carbons (Fsp3) is 0.562. The van der Waals surface area contributed by atoms with Crippen molar-refractivity contribution >= 4 is 6.09 Å². The summed E-state index contributed by atoms with van der Waals surface area (Å²) in [5.41, 5.74) is 1.33. The zero-order chi connectivity index (χ0) is 13.8. The maximum absolute atomic E-state index is 12.1. The monoisotopic (exact) mass is 274 g/mol. The third-order valence-electron chi connectivity index (χ3n) is 4.46. The Labute approximate surface area is 120 Å². The molecule has 4 nitrogen and oxygen atoms in total. The van der Waals surface area contributed by atoms with Gasteiger partial charge in [0.2, 0.25) is 0 Å². The van der Waals surface area contributed by atoms with E-state index in [1.807, 2.05) is 35.2 Å². The Balaban J connectivity index is 1.51. The second-order valence-electron chi connectivity index (χ2n) is 5.99. The smallest absolute Gasteiger partial charge is 0.410 e. The second-order valence-corrected chi connectivity index (χ2v) is 5.99. The molecule has 3 rings (SSSR count). The Morgan fingerprint density at radius 1 is 1.30 bits per heavy atom. The van der Waals surface area contributed by atoms with Crippen LogP contribution in [0, 0.1) is 5.41 Å². The summed E-state index contributed by atoms with van der Waals surface area (Å²) >= 11 is 0. The van der Waals surface area contributed by atoms with Crippen LogP contribution in [0.15, 0.2) is 30.3 Å². The minimum atomic E-state index is -0.170. The highest BCUT2D eigenvalue weighted by Gasteiger charge is 2.41. The molecule has 0 radical (unpaired) electrons. The molecular formula is C16H22N2O2. The van der Waals surface area contributed by atoms with E-state index in [0.29, 0.717) is 12.0 Å². The molecule has 1 spiro atoms. The first kappa shape index (κ1) is 13.4. The minimum absolute atomic E-state index is 0.170. The van der Waals surface area contributed by atoms with E-state index in [0.717, 1.165) is 38.2 Å². The molecule has 1 aromatic carbocycles. The molecular weight excluding hydrogens is 252 g/mol. The number of carbonyl (C=O) groups excluding carboxylic acids is 1. The Bertz CT molecular complexity index is 455. The van der Waals surface area contributed by atoms with Crippen molar-refractivity contribution in [1.82, 2.24) is 10.2 Å². The lowest BCUT2D eigenvalue weighted by atomic mass is 9.80. The minimum Gasteiger partial charge on any atom is -0.445 e. The average Bonchev–Trinajstić information content (AvgIpc) is 2.90. The fourth-order valence-electron chi connectivity index (χ4n) is 3.28. The van der Waals surface area contributed by atoms with Crippen LogP contribution in [0.2, 0.25) is 0 Å². The summed E-state index contributed by atoms with van der Waals surface area (Å²) in [7, 11) is 0. The van der Waals surface area contributed by atoms with Gasteiger partial charge in [-0.25, -0.2) is 4.79 Å². The van der Waals surface area contributed by atoms with Gasteiger partial charge in [0, 0.05) is 25.0 Å². The zero-order valence-electron chi connectivity index (χ0n) is 11.8. The lowest BCUT2D eigenvalue weighted by Crippen LogP contribution is -2.42. The predicted molar refractivity (Wildman–Crippen MR) is 77.4 cm³/mol. The highest BCUT2D eigenvalue weighted by atomic mass is 16.6. The number of nitrogens with zero attached hydrogens (tertiary/aromatic N) is 1. The molecule has 2 aliphatic heterocycles. The normalized spacial score (nSPS) is 25.9. The van der Waals surface area contributed by atoms with E-state index < -0.39 is 0 Å². The van der Waals surface area contributed by atoms with E-state index >= 15 is 0 Å². The topological polar surface area (TPSA) is 41.6 Å². The molecule has 0 unspecified atom stereocenters. The maximum atomic E-state index is 12.1. The van der Waals surface area contributed by atoms with Gasteiger partial charge < -0.3 is 15.0 Å². The van der Waals surface area contributed by atoms with E-state index in [1.165, 1.54) is 12.8 Å². The number of hydrogen-bond acceptors (Lipinski definition) is 3. The summed E-state index contributed by atoms with van der Waals surface area (Å²) < 4.78 is 5.41. The first-order valence-electron chi connectivity index (χ1n) is 7.44. The van der Waals surface area contributed by atoms with Crippen LogP contribution in [-0.2, 0) is 11.3 Å². The van der Waals surface area contributed by atoms with Crippen LogP contribution in [0.1, 0.15) is 24.8 Å². The fourth-order valence-corrected chi connectivity index (χ4v) is 3.28. The van der Waals surface area contributed by atoms with Crippen LogP contribution < -0.4 is 5.32 Å². The number of likely N-dealkylation sites (tertiary alicyclic amines) is 1. The van der Waals surface area contributed by atoms with Crippen LogP contribution in [0.5, 0.6) is 0 Å². The Morgan fingerprint density at radius 2 is 2.15 bits per heavy atom. The van der Waals surface area contributed by atoms with Crippen LogP contribution in [0.4, 0.5) is 4.79 Å². The summed E-state index contributed by atoms with van der Waals surface area (Å²) in [4.78, 5) is 14.0. The third-order valence-corrected chi connectivity index (χ3v) is 4.46. The summed E-state index contributed by atoms with van der Waals surface area (Å²) in [5, 5.41) is 3.46. The number of amides is 1. The highest BCUT2D eigenvalue weighted by molar-refractivity contribution is 5.68.